The van der Waals surface area contributed by atoms with Gasteiger partial charge in [0.25, 0.3) is 0 Å². The van der Waals surface area contributed by atoms with Gasteiger partial charge in [-0.1, -0.05) is 22.8 Å². The number of halogens is 1. The number of benzene rings is 2. The summed E-state index contributed by atoms with van der Waals surface area (Å²) in [4.78, 5) is 18.2. The Balaban J connectivity index is 1.63. The predicted molar refractivity (Wildman–Crippen MR) is 110 cm³/mol. The molecule has 150 valence electrons. The minimum absolute atomic E-state index is 0.190. The van der Waals surface area contributed by atoms with Crippen LogP contribution in [0, 0.1) is 0 Å². The minimum Gasteiger partial charge on any atom is -0.493 e. The van der Waals surface area contributed by atoms with Gasteiger partial charge in [0, 0.05) is 23.7 Å². The SMILES string of the molecule is COc1ccc(/C=C/C(=O)N(C)Cc2nc(-c3ccc(Cl)cc3)no2)cc1OC. The van der Waals surface area contributed by atoms with Crippen LogP contribution in [0.4, 0.5) is 0 Å². The smallest absolute Gasteiger partial charge is 0.246 e. The van der Waals surface area contributed by atoms with Gasteiger partial charge in [-0.05, 0) is 48.0 Å². The van der Waals surface area contributed by atoms with Crippen molar-refractivity contribution >= 4 is 23.6 Å². The summed E-state index contributed by atoms with van der Waals surface area (Å²) >= 11 is 5.89. The minimum atomic E-state index is -0.203. The predicted octanol–water partition coefficient (Wildman–Crippen LogP) is 4.08. The molecule has 0 spiro atoms. The van der Waals surface area contributed by atoms with Crippen LogP contribution in [0.2, 0.25) is 5.02 Å². The topological polar surface area (TPSA) is 77.7 Å². The van der Waals surface area contributed by atoms with E-state index in [9.17, 15) is 4.79 Å². The zero-order chi connectivity index (χ0) is 20.8. The standard InChI is InChI=1S/C21H20ClN3O4/c1-25(13-19-23-21(24-29-19)15-6-8-16(22)9-7-15)20(26)11-5-14-4-10-17(27-2)18(12-14)28-3/h4-12H,13H2,1-3H3/b11-5+. The first-order chi connectivity index (χ1) is 14.0. The molecule has 7 nitrogen and oxygen atoms in total. The summed E-state index contributed by atoms with van der Waals surface area (Å²) < 4.78 is 15.7. The zero-order valence-corrected chi connectivity index (χ0v) is 17.0. The lowest BCUT2D eigenvalue weighted by molar-refractivity contribution is -0.125. The fraction of sp³-hybridized carbons (Fsp3) is 0.190. The van der Waals surface area contributed by atoms with E-state index in [0.717, 1.165) is 11.1 Å². The molecule has 0 N–H and O–H groups in total. The molecular formula is C21H20ClN3O4. The molecular weight excluding hydrogens is 394 g/mol. The van der Waals surface area contributed by atoms with E-state index in [1.807, 2.05) is 6.07 Å². The van der Waals surface area contributed by atoms with Gasteiger partial charge in [0.1, 0.15) is 0 Å². The molecule has 3 aromatic rings. The van der Waals surface area contributed by atoms with Crippen molar-refractivity contribution in [2.45, 2.75) is 6.54 Å². The van der Waals surface area contributed by atoms with E-state index in [4.69, 9.17) is 25.6 Å². The molecule has 1 heterocycles. The lowest BCUT2D eigenvalue weighted by Gasteiger charge is -2.12. The van der Waals surface area contributed by atoms with Crippen LogP contribution in [0.25, 0.3) is 17.5 Å². The average Bonchev–Trinajstić information content (AvgIpc) is 3.20. The highest BCUT2D eigenvalue weighted by atomic mass is 35.5. The number of hydrogen-bond acceptors (Lipinski definition) is 6. The monoisotopic (exact) mass is 413 g/mol. The van der Waals surface area contributed by atoms with Crippen LogP contribution in [0.3, 0.4) is 0 Å². The molecule has 0 aliphatic heterocycles. The van der Waals surface area contributed by atoms with Crippen LogP contribution < -0.4 is 9.47 Å². The lowest BCUT2D eigenvalue weighted by Crippen LogP contribution is -2.24. The third-order valence-corrected chi connectivity index (χ3v) is 4.40. The first-order valence-corrected chi connectivity index (χ1v) is 9.11. The molecule has 8 heteroatoms. The molecule has 0 unspecified atom stereocenters. The van der Waals surface area contributed by atoms with Crippen molar-refractivity contribution in [3.05, 3.63) is 65.0 Å². The number of methoxy groups -OCH3 is 2. The Hall–Kier alpha value is -3.32. The first kappa shape index (κ1) is 20.4. The Bertz CT molecular complexity index is 1020. The number of carbonyl (C=O) groups excluding carboxylic acids is 1. The van der Waals surface area contributed by atoms with Gasteiger partial charge in [-0.2, -0.15) is 4.98 Å². The Morgan fingerprint density at radius 3 is 2.55 bits per heavy atom. The van der Waals surface area contributed by atoms with E-state index in [0.29, 0.717) is 28.2 Å². The quantitative estimate of drug-likeness (QED) is 0.543. The van der Waals surface area contributed by atoms with Gasteiger partial charge in [-0.25, -0.2) is 0 Å². The highest BCUT2D eigenvalue weighted by Crippen LogP contribution is 2.28. The molecule has 1 amide bonds. The van der Waals surface area contributed by atoms with Gasteiger partial charge in [0.2, 0.25) is 17.6 Å². The molecule has 0 saturated heterocycles. The van der Waals surface area contributed by atoms with E-state index in [1.165, 1.54) is 11.0 Å². The van der Waals surface area contributed by atoms with E-state index in [1.54, 1.807) is 63.7 Å². The molecule has 0 atom stereocenters. The van der Waals surface area contributed by atoms with Gasteiger partial charge >= 0.3 is 0 Å². The molecule has 0 aliphatic carbocycles. The van der Waals surface area contributed by atoms with Gasteiger partial charge in [0.05, 0.1) is 20.8 Å². The normalized spacial score (nSPS) is 10.9. The van der Waals surface area contributed by atoms with Crippen molar-refractivity contribution in [3.63, 3.8) is 0 Å². The van der Waals surface area contributed by atoms with E-state index in [2.05, 4.69) is 10.1 Å². The Morgan fingerprint density at radius 2 is 1.86 bits per heavy atom. The maximum atomic E-state index is 12.4. The van der Waals surface area contributed by atoms with Crippen molar-refractivity contribution < 1.29 is 18.8 Å². The summed E-state index contributed by atoms with van der Waals surface area (Å²) in [5.41, 5.74) is 1.60. The third kappa shape index (κ3) is 5.14. The van der Waals surface area contributed by atoms with E-state index in [-0.39, 0.29) is 12.5 Å². The maximum absolute atomic E-state index is 12.4. The second-order valence-electron chi connectivity index (χ2n) is 6.16. The summed E-state index contributed by atoms with van der Waals surface area (Å²) in [6, 6.07) is 12.5. The number of carbonyl (C=O) groups is 1. The number of nitrogens with zero attached hydrogens (tertiary/aromatic N) is 3. The summed E-state index contributed by atoms with van der Waals surface area (Å²) in [6.45, 7) is 0.190. The number of likely N-dealkylation sites (N-methyl/N-ethyl adjacent to an activating group) is 1. The van der Waals surface area contributed by atoms with Crippen LogP contribution >= 0.6 is 11.6 Å². The van der Waals surface area contributed by atoms with Crippen LogP contribution in [-0.4, -0.2) is 42.2 Å². The van der Waals surface area contributed by atoms with Crippen molar-refractivity contribution in [1.29, 1.82) is 0 Å². The van der Waals surface area contributed by atoms with Crippen LogP contribution in [-0.2, 0) is 11.3 Å². The van der Waals surface area contributed by atoms with Gasteiger partial charge < -0.3 is 18.9 Å². The molecule has 0 radical (unpaired) electrons. The molecule has 0 fully saturated rings. The second kappa shape index (κ2) is 9.25. The molecule has 2 aromatic carbocycles. The van der Waals surface area contributed by atoms with E-state index >= 15 is 0 Å². The number of ether oxygens (including phenoxy) is 2. The van der Waals surface area contributed by atoms with Crippen molar-refractivity contribution in [3.8, 4) is 22.9 Å². The second-order valence-corrected chi connectivity index (χ2v) is 6.60. The largest absolute Gasteiger partial charge is 0.493 e. The summed E-state index contributed by atoms with van der Waals surface area (Å²) in [7, 11) is 4.79. The summed E-state index contributed by atoms with van der Waals surface area (Å²) in [6.07, 6.45) is 3.17. The third-order valence-electron chi connectivity index (χ3n) is 4.15. The fourth-order valence-corrected chi connectivity index (χ4v) is 2.69. The molecule has 0 aliphatic rings. The Kier molecular flexibility index (Phi) is 6.51. The number of aromatic nitrogens is 2. The number of amides is 1. The number of hydrogen-bond donors (Lipinski definition) is 0. The van der Waals surface area contributed by atoms with E-state index < -0.39 is 0 Å². The van der Waals surface area contributed by atoms with Crippen molar-refractivity contribution in [2.24, 2.45) is 0 Å². The summed E-state index contributed by atoms with van der Waals surface area (Å²) in [5.74, 6) is 1.80. The van der Waals surface area contributed by atoms with Gasteiger partial charge in [-0.15, -0.1) is 0 Å². The zero-order valence-electron chi connectivity index (χ0n) is 16.3. The molecule has 29 heavy (non-hydrogen) atoms. The average molecular weight is 414 g/mol. The first-order valence-electron chi connectivity index (χ1n) is 8.74. The molecule has 0 bridgehead atoms. The van der Waals surface area contributed by atoms with Crippen LogP contribution in [0.15, 0.2) is 53.1 Å². The maximum Gasteiger partial charge on any atom is 0.246 e. The summed E-state index contributed by atoms with van der Waals surface area (Å²) in [5, 5.41) is 4.58. The highest BCUT2D eigenvalue weighted by Gasteiger charge is 2.13. The molecule has 0 saturated carbocycles. The van der Waals surface area contributed by atoms with Gasteiger partial charge in [0.15, 0.2) is 11.5 Å². The Labute approximate surface area is 173 Å². The van der Waals surface area contributed by atoms with Gasteiger partial charge in [-0.3, -0.25) is 4.79 Å². The van der Waals surface area contributed by atoms with Crippen LogP contribution in [0.1, 0.15) is 11.5 Å². The molecule has 3 rings (SSSR count). The Morgan fingerprint density at radius 1 is 1.14 bits per heavy atom. The fourth-order valence-electron chi connectivity index (χ4n) is 2.57. The van der Waals surface area contributed by atoms with Crippen LogP contribution in [0.5, 0.6) is 11.5 Å². The van der Waals surface area contributed by atoms with Crippen molar-refractivity contribution in [2.75, 3.05) is 21.3 Å². The molecule has 1 aromatic heterocycles. The van der Waals surface area contributed by atoms with Crippen molar-refractivity contribution in [1.82, 2.24) is 15.0 Å². The highest BCUT2D eigenvalue weighted by molar-refractivity contribution is 6.30. The lowest BCUT2D eigenvalue weighted by atomic mass is 10.2. The number of rotatable bonds is 7.